The Kier molecular flexibility index (Phi) is 5.75. The molecule has 2 rings (SSSR count). The molecule has 2 heterocycles. The molecule has 2 fully saturated rings. The number of ether oxygens (including phenoxy) is 1. The molecule has 17 heavy (non-hydrogen) atoms. The molecule has 0 aromatic rings. The molecule has 0 aliphatic carbocycles. The molecule has 2 aliphatic heterocycles. The van der Waals surface area contributed by atoms with Gasteiger partial charge in [0.25, 0.3) is 0 Å². The number of nitrogens with zero attached hydrogens (tertiary/aromatic N) is 1. The molecule has 0 radical (unpaired) electrons. The van der Waals surface area contributed by atoms with Crippen molar-refractivity contribution in [2.75, 3.05) is 39.3 Å². The van der Waals surface area contributed by atoms with Crippen LogP contribution in [-0.4, -0.2) is 50.3 Å². The van der Waals surface area contributed by atoms with E-state index in [1.54, 1.807) is 0 Å². The third-order valence-electron chi connectivity index (χ3n) is 4.22. The Morgan fingerprint density at radius 3 is 2.76 bits per heavy atom. The van der Waals surface area contributed by atoms with Gasteiger partial charge in [0.15, 0.2) is 0 Å². The van der Waals surface area contributed by atoms with Gasteiger partial charge in [-0.3, -0.25) is 0 Å². The minimum Gasteiger partial charge on any atom is -0.378 e. The molecular formula is C14H28N2O. The normalized spacial score (nSPS) is 30.9. The first-order chi connectivity index (χ1) is 8.36. The monoisotopic (exact) mass is 240 g/mol. The van der Waals surface area contributed by atoms with Gasteiger partial charge in [0.05, 0.1) is 6.10 Å². The molecule has 0 amide bonds. The maximum absolute atomic E-state index is 5.57. The van der Waals surface area contributed by atoms with Gasteiger partial charge in [-0.2, -0.15) is 0 Å². The second kappa shape index (κ2) is 7.34. The molecule has 3 nitrogen and oxygen atoms in total. The summed E-state index contributed by atoms with van der Waals surface area (Å²) in [5.74, 6) is 0.741. The Morgan fingerprint density at radius 2 is 2.06 bits per heavy atom. The van der Waals surface area contributed by atoms with E-state index in [9.17, 15) is 0 Å². The van der Waals surface area contributed by atoms with Gasteiger partial charge < -0.3 is 15.0 Å². The van der Waals surface area contributed by atoms with Crippen molar-refractivity contribution in [2.45, 2.75) is 45.1 Å². The lowest BCUT2D eigenvalue weighted by molar-refractivity contribution is 0.105. The smallest absolute Gasteiger partial charge is 0.0588 e. The average molecular weight is 240 g/mol. The third-order valence-corrected chi connectivity index (χ3v) is 4.22. The van der Waals surface area contributed by atoms with Crippen LogP contribution >= 0.6 is 0 Å². The Bertz CT molecular complexity index is 204. The summed E-state index contributed by atoms with van der Waals surface area (Å²) < 4.78 is 5.57. The summed E-state index contributed by atoms with van der Waals surface area (Å²) in [5, 5.41) is 3.59. The molecule has 0 spiro atoms. The Labute approximate surface area is 106 Å². The second-order valence-electron chi connectivity index (χ2n) is 5.58. The fourth-order valence-corrected chi connectivity index (χ4v) is 2.94. The van der Waals surface area contributed by atoms with Crippen molar-refractivity contribution < 1.29 is 4.74 Å². The largest absolute Gasteiger partial charge is 0.378 e. The summed E-state index contributed by atoms with van der Waals surface area (Å²) in [6.45, 7) is 9.40. The Balaban J connectivity index is 1.45. The lowest BCUT2D eigenvalue weighted by Crippen LogP contribution is -2.33. The van der Waals surface area contributed by atoms with E-state index >= 15 is 0 Å². The van der Waals surface area contributed by atoms with E-state index in [0.717, 1.165) is 19.1 Å². The summed E-state index contributed by atoms with van der Waals surface area (Å²) in [4.78, 5) is 2.62. The highest BCUT2D eigenvalue weighted by molar-refractivity contribution is 4.74. The molecule has 2 saturated heterocycles. The predicted molar refractivity (Wildman–Crippen MR) is 71.3 cm³/mol. The van der Waals surface area contributed by atoms with Gasteiger partial charge >= 0.3 is 0 Å². The molecule has 0 aromatic heterocycles. The van der Waals surface area contributed by atoms with Gasteiger partial charge in [0.2, 0.25) is 0 Å². The van der Waals surface area contributed by atoms with Crippen molar-refractivity contribution in [2.24, 2.45) is 5.92 Å². The van der Waals surface area contributed by atoms with Gasteiger partial charge in [-0.05, 0) is 64.7 Å². The van der Waals surface area contributed by atoms with Crippen molar-refractivity contribution in [3.8, 4) is 0 Å². The molecule has 0 aromatic carbocycles. The lowest BCUT2D eigenvalue weighted by atomic mass is 10.0. The zero-order valence-corrected chi connectivity index (χ0v) is 11.3. The number of piperidine rings is 1. The fourth-order valence-electron chi connectivity index (χ4n) is 2.94. The summed E-state index contributed by atoms with van der Waals surface area (Å²) in [5.41, 5.74) is 0. The van der Waals surface area contributed by atoms with Crippen LogP contribution in [0.5, 0.6) is 0 Å². The van der Waals surface area contributed by atoms with Crippen molar-refractivity contribution in [3.05, 3.63) is 0 Å². The molecular weight excluding hydrogens is 212 g/mol. The number of hydrogen-bond donors (Lipinski definition) is 1. The van der Waals surface area contributed by atoms with E-state index in [-0.39, 0.29) is 0 Å². The number of likely N-dealkylation sites (tertiary alicyclic amines) is 1. The standard InChI is InChI=1S/C14H28N2O/c1-13-14(6-11-17-13)12-15-7-5-10-16-8-3-2-4-9-16/h13-15H,2-12H2,1H3. The van der Waals surface area contributed by atoms with Crippen molar-refractivity contribution in [1.29, 1.82) is 0 Å². The van der Waals surface area contributed by atoms with Gasteiger partial charge in [0.1, 0.15) is 0 Å². The molecule has 3 heteroatoms. The molecule has 0 bridgehead atoms. The highest BCUT2D eigenvalue weighted by Crippen LogP contribution is 2.19. The quantitative estimate of drug-likeness (QED) is 0.717. The van der Waals surface area contributed by atoms with Crippen LogP contribution in [0.3, 0.4) is 0 Å². The minimum absolute atomic E-state index is 0.463. The van der Waals surface area contributed by atoms with Crippen LogP contribution in [0, 0.1) is 5.92 Å². The molecule has 0 saturated carbocycles. The average Bonchev–Trinajstić information content (AvgIpc) is 2.76. The van der Waals surface area contributed by atoms with E-state index < -0.39 is 0 Å². The molecule has 2 aliphatic rings. The van der Waals surface area contributed by atoms with E-state index in [0.29, 0.717) is 6.10 Å². The third kappa shape index (κ3) is 4.57. The van der Waals surface area contributed by atoms with Crippen LogP contribution < -0.4 is 5.32 Å². The fraction of sp³-hybridized carbons (Fsp3) is 1.00. The number of rotatable bonds is 6. The van der Waals surface area contributed by atoms with Crippen molar-refractivity contribution in [1.82, 2.24) is 10.2 Å². The Morgan fingerprint density at radius 1 is 1.24 bits per heavy atom. The zero-order chi connectivity index (χ0) is 11.9. The van der Waals surface area contributed by atoms with Crippen LogP contribution in [0.15, 0.2) is 0 Å². The van der Waals surface area contributed by atoms with E-state index in [4.69, 9.17) is 4.74 Å². The van der Waals surface area contributed by atoms with Crippen LogP contribution in [-0.2, 0) is 4.74 Å². The maximum atomic E-state index is 5.57. The van der Waals surface area contributed by atoms with Crippen LogP contribution in [0.25, 0.3) is 0 Å². The van der Waals surface area contributed by atoms with E-state index in [2.05, 4.69) is 17.1 Å². The first-order valence-electron chi connectivity index (χ1n) is 7.41. The van der Waals surface area contributed by atoms with Crippen molar-refractivity contribution >= 4 is 0 Å². The lowest BCUT2D eigenvalue weighted by Gasteiger charge is -2.26. The van der Waals surface area contributed by atoms with Gasteiger partial charge in [-0.25, -0.2) is 0 Å². The summed E-state index contributed by atoms with van der Waals surface area (Å²) in [6.07, 6.45) is 7.25. The van der Waals surface area contributed by atoms with Crippen molar-refractivity contribution in [3.63, 3.8) is 0 Å². The van der Waals surface area contributed by atoms with E-state index in [1.807, 2.05) is 0 Å². The maximum Gasteiger partial charge on any atom is 0.0588 e. The first-order valence-corrected chi connectivity index (χ1v) is 7.41. The van der Waals surface area contributed by atoms with Crippen LogP contribution in [0.1, 0.15) is 39.0 Å². The number of hydrogen-bond acceptors (Lipinski definition) is 3. The highest BCUT2D eigenvalue weighted by Gasteiger charge is 2.23. The topological polar surface area (TPSA) is 24.5 Å². The highest BCUT2D eigenvalue weighted by atomic mass is 16.5. The van der Waals surface area contributed by atoms with Gasteiger partial charge in [-0.1, -0.05) is 6.42 Å². The Hall–Kier alpha value is -0.120. The summed E-state index contributed by atoms with van der Waals surface area (Å²) in [7, 11) is 0. The first kappa shape index (κ1) is 13.3. The number of nitrogens with one attached hydrogen (secondary N) is 1. The molecule has 2 atom stereocenters. The predicted octanol–water partition coefficient (Wildman–Crippen LogP) is 1.88. The van der Waals surface area contributed by atoms with Gasteiger partial charge in [-0.15, -0.1) is 0 Å². The summed E-state index contributed by atoms with van der Waals surface area (Å²) >= 11 is 0. The van der Waals surface area contributed by atoms with E-state index in [1.165, 1.54) is 58.3 Å². The zero-order valence-electron chi connectivity index (χ0n) is 11.3. The minimum atomic E-state index is 0.463. The second-order valence-corrected chi connectivity index (χ2v) is 5.58. The molecule has 1 N–H and O–H groups in total. The SMILES string of the molecule is CC1OCCC1CNCCCN1CCCCC1. The van der Waals surface area contributed by atoms with Gasteiger partial charge in [0, 0.05) is 13.2 Å². The molecule has 100 valence electrons. The molecule has 2 unspecified atom stereocenters. The summed E-state index contributed by atoms with van der Waals surface area (Å²) in [6, 6.07) is 0. The van der Waals surface area contributed by atoms with Crippen LogP contribution in [0.2, 0.25) is 0 Å². The van der Waals surface area contributed by atoms with Crippen LogP contribution in [0.4, 0.5) is 0 Å².